The molecule has 1 aromatic carbocycles. The van der Waals surface area contributed by atoms with Gasteiger partial charge in [-0.15, -0.1) is 0 Å². The minimum absolute atomic E-state index is 0.238. The van der Waals surface area contributed by atoms with Crippen molar-refractivity contribution in [2.24, 2.45) is 0 Å². The second-order valence-electron chi connectivity index (χ2n) is 5.82. The number of aliphatic carboxylic acids is 1. The second kappa shape index (κ2) is 5.85. The Morgan fingerprint density at radius 1 is 1.33 bits per heavy atom. The number of amides is 1. The van der Waals surface area contributed by atoms with Gasteiger partial charge in [0.25, 0.3) is 5.91 Å². The van der Waals surface area contributed by atoms with Crippen LogP contribution in [0.15, 0.2) is 18.2 Å². The highest BCUT2D eigenvalue weighted by Gasteiger charge is 2.37. The van der Waals surface area contributed by atoms with E-state index in [0.29, 0.717) is 12.1 Å². The van der Waals surface area contributed by atoms with Crippen LogP contribution in [-0.4, -0.2) is 40.5 Å². The maximum Gasteiger partial charge on any atom is 0.329 e. The van der Waals surface area contributed by atoms with Gasteiger partial charge in [0.2, 0.25) is 0 Å². The van der Waals surface area contributed by atoms with Gasteiger partial charge in [-0.25, -0.2) is 4.79 Å². The summed E-state index contributed by atoms with van der Waals surface area (Å²) in [5.41, 5.74) is 1.70. The number of nitrogens with one attached hydrogen (secondary N) is 1. The van der Waals surface area contributed by atoms with Gasteiger partial charge in [0.1, 0.15) is 5.54 Å². The number of fused-ring (bicyclic) bond motifs is 1. The van der Waals surface area contributed by atoms with E-state index in [1.54, 1.807) is 26.8 Å². The van der Waals surface area contributed by atoms with Crippen LogP contribution in [0.25, 0.3) is 0 Å². The largest absolute Gasteiger partial charge is 0.480 e. The molecule has 0 saturated carbocycles. The molecule has 2 rings (SSSR count). The van der Waals surface area contributed by atoms with E-state index in [4.69, 9.17) is 0 Å². The lowest BCUT2D eigenvalue weighted by Crippen LogP contribution is -2.52. The van der Waals surface area contributed by atoms with Gasteiger partial charge in [-0.1, -0.05) is 6.07 Å². The maximum absolute atomic E-state index is 12.7. The normalized spacial score (nSPS) is 14.4. The number of carbonyl (C=O) groups excluding carboxylic acids is 1. The number of hydrogen-bond acceptors (Lipinski definition) is 3. The topological polar surface area (TPSA) is 69.6 Å². The zero-order valence-electron chi connectivity index (χ0n) is 12.8. The molecule has 0 spiro atoms. The summed E-state index contributed by atoms with van der Waals surface area (Å²) < 4.78 is 0. The van der Waals surface area contributed by atoms with Gasteiger partial charge in [0, 0.05) is 18.7 Å². The Balaban J connectivity index is 2.32. The molecule has 2 N–H and O–H groups in total. The molecule has 114 valence electrons. The Morgan fingerprint density at radius 2 is 2.05 bits per heavy atom. The molecule has 1 heterocycles. The predicted octanol–water partition coefficient (Wildman–Crippen LogP) is 1.66. The molecule has 1 aliphatic heterocycles. The van der Waals surface area contributed by atoms with Gasteiger partial charge < -0.3 is 15.3 Å². The van der Waals surface area contributed by atoms with Crippen molar-refractivity contribution >= 4 is 11.9 Å². The van der Waals surface area contributed by atoms with Crippen LogP contribution in [0.1, 0.15) is 42.3 Å². The summed E-state index contributed by atoms with van der Waals surface area (Å²) in [5, 5.41) is 12.6. The zero-order chi connectivity index (χ0) is 15.6. The standard InChI is InChI=1S/C16H22N2O3/c1-4-18(16(2,3)15(20)21)14(19)12-6-5-11-7-8-17-10-13(11)9-12/h5-6,9,17H,4,7-8,10H2,1-3H3,(H,20,21). The van der Waals surface area contributed by atoms with Crippen molar-refractivity contribution in [3.8, 4) is 0 Å². The van der Waals surface area contributed by atoms with E-state index in [1.165, 1.54) is 10.5 Å². The first-order valence-electron chi connectivity index (χ1n) is 7.25. The van der Waals surface area contributed by atoms with Crippen LogP contribution < -0.4 is 5.32 Å². The number of carboxylic acids is 1. The van der Waals surface area contributed by atoms with Crippen molar-refractivity contribution in [3.05, 3.63) is 34.9 Å². The van der Waals surface area contributed by atoms with Gasteiger partial charge in [0.15, 0.2) is 0 Å². The summed E-state index contributed by atoms with van der Waals surface area (Å²) in [7, 11) is 0. The molecule has 0 unspecified atom stereocenters. The van der Waals surface area contributed by atoms with Crippen LogP contribution in [0.3, 0.4) is 0 Å². The van der Waals surface area contributed by atoms with E-state index < -0.39 is 11.5 Å². The fraction of sp³-hybridized carbons (Fsp3) is 0.500. The Kier molecular flexibility index (Phi) is 4.32. The lowest BCUT2D eigenvalue weighted by Gasteiger charge is -2.34. The highest BCUT2D eigenvalue weighted by Crippen LogP contribution is 2.21. The first-order chi connectivity index (χ1) is 9.87. The minimum atomic E-state index is -1.22. The quantitative estimate of drug-likeness (QED) is 0.885. The number of rotatable bonds is 4. The molecule has 1 aliphatic rings. The zero-order valence-corrected chi connectivity index (χ0v) is 12.8. The van der Waals surface area contributed by atoms with Crippen LogP contribution in [0.4, 0.5) is 0 Å². The van der Waals surface area contributed by atoms with Crippen LogP contribution in [0.2, 0.25) is 0 Å². The summed E-state index contributed by atoms with van der Waals surface area (Å²) in [6.07, 6.45) is 0.960. The average molecular weight is 290 g/mol. The first-order valence-corrected chi connectivity index (χ1v) is 7.25. The van der Waals surface area contributed by atoms with Crippen molar-refractivity contribution in [1.29, 1.82) is 0 Å². The van der Waals surface area contributed by atoms with Crippen LogP contribution in [0, 0.1) is 0 Å². The van der Waals surface area contributed by atoms with E-state index in [0.717, 1.165) is 25.1 Å². The number of carboxylic acid groups (broad SMARTS) is 1. The molecular formula is C16H22N2O3. The first kappa shape index (κ1) is 15.5. The van der Waals surface area contributed by atoms with Crippen LogP contribution >= 0.6 is 0 Å². The van der Waals surface area contributed by atoms with Crippen molar-refractivity contribution in [3.63, 3.8) is 0 Å². The third-order valence-electron chi connectivity index (χ3n) is 4.10. The van der Waals surface area contributed by atoms with E-state index in [9.17, 15) is 14.7 Å². The van der Waals surface area contributed by atoms with E-state index in [-0.39, 0.29) is 5.91 Å². The van der Waals surface area contributed by atoms with Crippen molar-refractivity contribution < 1.29 is 14.7 Å². The second-order valence-corrected chi connectivity index (χ2v) is 5.82. The summed E-state index contributed by atoms with van der Waals surface area (Å²) in [6.45, 7) is 6.96. The molecule has 0 radical (unpaired) electrons. The average Bonchev–Trinajstić information content (AvgIpc) is 2.46. The van der Waals surface area contributed by atoms with Crippen molar-refractivity contribution in [2.45, 2.75) is 39.3 Å². The third kappa shape index (κ3) is 2.93. The molecule has 5 heteroatoms. The number of carbonyl (C=O) groups is 2. The predicted molar refractivity (Wildman–Crippen MR) is 80.3 cm³/mol. The summed E-state index contributed by atoms with van der Waals surface area (Å²) in [4.78, 5) is 25.4. The van der Waals surface area contributed by atoms with Crippen molar-refractivity contribution in [2.75, 3.05) is 13.1 Å². The highest BCUT2D eigenvalue weighted by molar-refractivity contribution is 5.97. The Labute approximate surface area is 125 Å². The molecule has 1 amide bonds. The van der Waals surface area contributed by atoms with E-state index in [1.807, 2.05) is 12.1 Å². The third-order valence-corrected chi connectivity index (χ3v) is 4.10. The molecule has 0 aromatic heterocycles. The molecule has 0 saturated heterocycles. The molecule has 1 aromatic rings. The molecule has 0 bridgehead atoms. The smallest absolute Gasteiger partial charge is 0.329 e. The maximum atomic E-state index is 12.7. The molecule has 0 atom stereocenters. The van der Waals surface area contributed by atoms with Crippen LogP contribution in [-0.2, 0) is 17.8 Å². The SMILES string of the molecule is CCN(C(=O)c1ccc2c(c1)CNCC2)C(C)(C)C(=O)O. The van der Waals surface area contributed by atoms with Gasteiger partial charge in [0.05, 0.1) is 0 Å². The molecular weight excluding hydrogens is 268 g/mol. The number of nitrogens with zero attached hydrogens (tertiary/aromatic N) is 1. The monoisotopic (exact) mass is 290 g/mol. The number of hydrogen-bond donors (Lipinski definition) is 2. The van der Waals surface area contributed by atoms with Gasteiger partial charge in [-0.2, -0.15) is 0 Å². The summed E-state index contributed by atoms with van der Waals surface area (Å²) >= 11 is 0. The summed E-state index contributed by atoms with van der Waals surface area (Å²) in [5.74, 6) is -1.24. The fourth-order valence-electron chi connectivity index (χ4n) is 2.68. The highest BCUT2D eigenvalue weighted by atomic mass is 16.4. The molecule has 5 nitrogen and oxygen atoms in total. The number of likely N-dealkylation sites (N-methyl/N-ethyl adjacent to an activating group) is 1. The minimum Gasteiger partial charge on any atom is -0.480 e. The van der Waals surface area contributed by atoms with Crippen LogP contribution in [0.5, 0.6) is 0 Å². The van der Waals surface area contributed by atoms with E-state index >= 15 is 0 Å². The fourth-order valence-corrected chi connectivity index (χ4v) is 2.68. The van der Waals surface area contributed by atoms with Crippen molar-refractivity contribution in [1.82, 2.24) is 10.2 Å². The van der Waals surface area contributed by atoms with Gasteiger partial charge >= 0.3 is 5.97 Å². The molecule has 0 fully saturated rings. The van der Waals surface area contributed by atoms with Gasteiger partial charge in [-0.3, -0.25) is 4.79 Å². The Morgan fingerprint density at radius 3 is 2.67 bits per heavy atom. The molecule has 21 heavy (non-hydrogen) atoms. The lowest BCUT2D eigenvalue weighted by molar-refractivity contribution is -0.147. The summed E-state index contributed by atoms with van der Waals surface area (Å²) in [6, 6.07) is 5.66. The lowest BCUT2D eigenvalue weighted by atomic mass is 9.96. The Bertz CT molecular complexity index is 567. The van der Waals surface area contributed by atoms with Gasteiger partial charge in [-0.05, 0) is 57.0 Å². The van der Waals surface area contributed by atoms with E-state index in [2.05, 4.69) is 5.32 Å². The number of benzene rings is 1. The molecule has 0 aliphatic carbocycles. The Hall–Kier alpha value is -1.88.